The molecular weight excluding hydrogens is 204 g/mol. The normalized spacial score (nSPS) is 12.5. The Labute approximate surface area is 87.2 Å². The Bertz CT molecular complexity index is 317. The molecule has 14 heavy (non-hydrogen) atoms. The van der Waals surface area contributed by atoms with E-state index >= 15 is 0 Å². The predicted molar refractivity (Wildman–Crippen MR) is 55.0 cm³/mol. The number of likely N-dealkylation sites (N-methyl/N-ethyl adjacent to an activating group) is 1. The van der Waals surface area contributed by atoms with Crippen LogP contribution in [0.2, 0.25) is 5.15 Å². The van der Waals surface area contributed by atoms with Crippen molar-refractivity contribution in [1.82, 2.24) is 15.1 Å². The van der Waals surface area contributed by atoms with Crippen molar-refractivity contribution in [3.63, 3.8) is 0 Å². The van der Waals surface area contributed by atoms with Gasteiger partial charge in [0.1, 0.15) is 6.04 Å². The molecule has 0 aliphatic rings. The van der Waals surface area contributed by atoms with E-state index in [0.29, 0.717) is 12.2 Å². The molecule has 1 atom stereocenters. The number of anilines is 1. The summed E-state index contributed by atoms with van der Waals surface area (Å²) in [5.74, 6) is -0.105. The predicted octanol–water partition coefficient (Wildman–Crippen LogP) is 0.816. The monoisotopic (exact) mass is 216 g/mol. The topological polar surface area (TPSA) is 72.9 Å². The summed E-state index contributed by atoms with van der Waals surface area (Å²) < 4.78 is 1.45. The summed E-state index contributed by atoms with van der Waals surface area (Å²) in [6.07, 6.45) is 1.54. The van der Waals surface area contributed by atoms with Crippen molar-refractivity contribution >= 4 is 23.2 Å². The molecule has 3 N–H and O–H groups in total. The zero-order chi connectivity index (χ0) is 10.7. The number of hydrogen-bond acceptors (Lipinski definition) is 3. The first-order chi connectivity index (χ1) is 6.56. The van der Waals surface area contributed by atoms with E-state index in [2.05, 4.69) is 10.4 Å². The van der Waals surface area contributed by atoms with Crippen molar-refractivity contribution in [3.8, 4) is 0 Å². The van der Waals surface area contributed by atoms with Gasteiger partial charge in [0.15, 0.2) is 5.15 Å². The van der Waals surface area contributed by atoms with Crippen LogP contribution in [0.15, 0.2) is 6.20 Å². The fourth-order valence-corrected chi connectivity index (χ4v) is 1.16. The Morgan fingerprint density at radius 1 is 1.86 bits per heavy atom. The number of halogens is 1. The van der Waals surface area contributed by atoms with E-state index in [4.69, 9.17) is 17.3 Å². The van der Waals surface area contributed by atoms with Crippen LogP contribution in [-0.4, -0.2) is 22.2 Å². The first kappa shape index (κ1) is 10.8. The maximum absolute atomic E-state index is 11.4. The minimum atomic E-state index is -0.398. The first-order valence-electron chi connectivity index (χ1n) is 4.34. The molecule has 6 heteroatoms. The second kappa shape index (κ2) is 4.32. The number of nitrogens with two attached hydrogens (primary N) is 1. The third kappa shape index (κ3) is 2.17. The summed E-state index contributed by atoms with van der Waals surface area (Å²) in [6.45, 7) is 4.18. The van der Waals surface area contributed by atoms with Gasteiger partial charge in [-0.05, 0) is 13.8 Å². The summed E-state index contributed by atoms with van der Waals surface area (Å²) in [5, 5.41) is 6.82. The number of hydrogen-bond donors (Lipinski definition) is 2. The molecule has 1 unspecified atom stereocenters. The maximum atomic E-state index is 11.4. The molecule has 1 heterocycles. The smallest absolute Gasteiger partial charge is 0.244 e. The van der Waals surface area contributed by atoms with Gasteiger partial charge in [0.25, 0.3) is 0 Å². The summed E-state index contributed by atoms with van der Waals surface area (Å²) in [4.78, 5) is 11.4. The minimum absolute atomic E-state index is 0.105. The molecule has 1 aromatic rings. The van der Waals surface area contributed by atoms with Gasteiger partial charge >= 0.3 is 0 Å². The van der Waals surface area contributed by atoms with Gasteiger partial charge in [0.2, 0.25) is 5.91 Å². The van der Waals surface area contributed by atoms with Crippen LogP contribution in [0.4, 0.5) is 5.69 Å². The molecule has 0 fully saturated rings. The quantitative estimate of drug-likeness (QED) is 0.786. The molecule has 0 aliphatic heterocycles. The van der Waals surface area contributed by atoms with Crippen LogP contribution in [0.25, 0.3) is 0 Å². The first-order valence-corrected chi connectivity index (χ1v) is 4.72. The molecule has 1 rings (SSSR count). The summed E-state index contributed by atoms with van der Waals surface area (Å²) >= 11 is 5.67. The highest BCUT2D eigenvalue weighted by molar-refractivity contribution is 6.31. The Morgan fingerprint density at radius 2 is 2.50 bits per heavy atom. The van der Waals surface area contributed by atoms with Crippen molar-refractivity contribution in [2.75, 3.05) is 12.3 Å². The number of aromatic nitrogens is 2. The molecule has 0 aliphatic carbocycles. The van der Waals surface area contributed by atoms with Gasteiger partial charge in [-0.1, -0.05) is 11.6 Å². The average Bonchev–Trinajstić information content (AvgIpc) is 2.46. The Balaban J connectivity index is 2.78. The Kier molecular flexibility index (Phi) is 3.35. The number of nitrogen functional groups attached to an aromatic ring is 1. The van der Waals surface area contributed by atoms with Crippen molar-refractivity contribution in [2.24, 2.45) is 0 Å². The summed E-state index contributed by atoms with van der Waals surface area (Å²) in [7, 11) is 0. The van der Waals surface area contributed by atoms with Gasteiger partial charge in [0, 0.05) is 6.54 Å². The van der Waals surface area contributed by atoms with Crippen LogP contribution >= 0.6 is 11.6 Å². The van der Waals surface area contributed by atoms with Crippen LogP contribution in [0.3, 0.4) is 0 Å². The van der Waals surface area contributed by atoms with Crippen molar-refractivity contribution in [1.29, 1.82) is 0 Å². The lowest BCUT2D eigenvalue weighted by molar-refractivity contribution is -0.124. The third-order valence-corrected chi connectivity index (χ3v) is 2.13. The van der Waals surface area contributed by atoms with Gasteiger partial charge < -0.3 is 11.1 Å². The van der Waals surface area contributed by atoms with Crippen molar-refractivity contribution in [3.05, 3.63) is 11.3 Å². The summed E-state index contributed by atoms with van der Waals surface area (Å²) in [6, 6.07) is -0.398. The van der Waals surface area contributed by atoms with Crippen LogP contribution in [0.1, 0.15) is 19.9 Å². The fraction of sp³-hybridized carbons (Fsp3) is 0.500. The highest BCUT2D eigenvalue weighted by Gasteiger charge is 2.16. The fourth-order valence-electron chi connectivity index (χ4n) is 1.02. The highest BCUT2D eigenvalue weighted by Crippen LogP contribution is 2.17. The van der Waals surface area contributed by atoms with E-state index in [-0.39, 0.29) is 11.1 Å². The van der Waals surface area contributed by atoms with Crippen LogP contribution in [0.5, 0.6) is 0 Å². The van der Waals surface area contributed by atoms with E-state index in [9.17, 15) is 4.79 Å². The molecule has 0 spiro atoms. The van der Waals surface area contributed by atoms with Gasteiger partial charge in [-0.3, -0.25) is 9.48 Å². The summed E-state index contributed by atoms with van der Waals surface area (Å²) in [5.41, 5.74) is 5.88. The van der Waals surface area contributed by atoms with E-state index in [1.54, 1.807) is 13.1 Å². The zero-order valence-corrected chi connectivity index (χ0v) is 8.88. The molecule has 1 aromatic heterocycles. The molecule has 0 bridgehead atoms. The molecule has 78 valence electrons. The molecule has 0 saturated carbocycles. The Morgan fingerprint density at radius 3 is 2.93 bits per heavy atom. The average molecular weight is 217 g/mol. The number of rotatable bonds is 3. The van der Waals surface area contributed by atoms with Gasteiger partial charge in [-0.25, -0.2) is 0 Å². The van der Waals surface area contributed by atoms with Crippen molar-refractivity contribution < 1.29 is 4.79 Å². The van der Waals surface area contributed by atoms with E-state index < -0.39 is 6.04 Å². The number of carbonyl (C=O) groups is 1. The second-order valence-corrected chi connectivity index (χ2v) is 3.28. The van der Waals surface area contributed by atoms with Gasteiger partial charge in [0.05, 0.1) is 11.9 Å². The molecule has 5 nitrogen and oxygen atoms in total. The standard InChI is InChI=1S/C8H13ClN4O/c1-3-11-8(14)5(2)13-4-6(10)7(9)12-13/h4-5H,3,10H2,1-2H3,(H,11,14). The largest absolute Gasteiger partial charge is 0.395 e. The van der Waals surface area contributed by atoms with E-state index in [1.165, 1.54) is 4.68 Å². The van der Waals surface area contributed by atoms with Crippen LogP contribution in [0, 0.1) is 0 Å². The van der Waals surface area contributed by atoms with E-state index in [1.807, 2.05) is 6.92 Å². The molecule has 0 aromatic carbocycles. The number of nitrogens with zero attached hydrogens (tertiary/aromatic N) is 2. The lowest BCUT2D eigenvalue weighted by Gasteiger charge is -2.10. The molecule has 1 amide bonds. The highest BCUT2D eigenvalue weighted by atomic mass is 35.5. The van der Waals surface area contributed by atoms with E-state index in [0.717, 1.165) is 0 Å². The third-order valence-electron chi connectivity index (χ3n) is 1.84. The minimum Gasteiger partial charge on any atom is -0.395 e. The van der Waals surface area contributed by atoms with Gasteiger partial charge in [-0.2, -0.15) is 5.10 Å². The maximum Gasteiger partial charge on any atom is 0.244 e. The lowest BCUT2D eigenvalue weighted by Crippen LogP contribution is -2.30. The number of carbonyl (C=O) groups excluding carboxylic acids is 1. The molecule has 0 saturated heterocycles. The second-order valence-electron chi connectivity index (χ2n) is 2.93. The lowest BCUT2D eigenvalue weighted by atomic mass is 10.3. The Hall–Kier alpha value is -1.23. The zero-order valence-electron chi connectivity index (χ0n) is 8.12. The molecule has 0 radical (unpaired) electrons. The van der Waals surface area contributed by atoms with Crippen molar-refractivity contribution in [2.45, 2.75) is 19.9 Å². The van der Waals surface area contributed by atoms with Crippen LogP contribution < -0.4 is 11.1 Å². The number of nitrogens with one attached hydrogen (secondary N) is 1. The van der Waals surface area contributed by atoms with Gasteiger partial charge in [-0.15, -0.1) is 0 Å². The SMILES string of the molecule is CCNC(=O)C(C)n1cc(N)c(Cl)n1. The number of amides is 1. The van der Waals surface area contributed by atoms with Crippen LogP contribution in [-0.2, 0) is 4.79 Å². The molecular formula is C8H13ClN4O.